The molecule has 0 heterocycles. The van der Waals surface area contributed by atoms with E-state index in [9.17, 15) is 0 Å². The number of hydrogen-bond donors (Lipinski definition) is 1. The van der Waals surface area contributed by atoms with Crippen molar-refractivity contribution in [3.05, 3.63) is 29.8 Å². The Bertz CT molecular complexity index is 325. The zero-order valence-electron chi connectivity index (χ0n) is 10.5. The molecule has 1 unspecified atom stereocenters. The van der Waals surface area contributed by atoms with Gasteiger partial charge in [0.1, 0.15) is 0 Å². The summed E-state index contributed by atoms with van der Waals surface area (Å²) in [4.78, 5) is 2.13. The van der Waals surface area contributed by atoms with Gasteiger partial charge in [0.05, 0.1) is 0 Å². The van der Waals surface area contributed by atoms with Crippen LogP contribution in [0.2, 0.25) is 0 Å². The Morgan fingerprint density at radius 1 is 1.25 bits per heavy atom. The van der Waals surface area contributed by atoms with Crippen LogP contribution in [-0.2, 0) is 6.54 Å². The van der Waals surface area contributed by atoms with Crippen molar-refractivity contribution in [2.45, 2.75) is 32.4 Å². The van der Waals surface area contributed by atoms with E-state index in [2.05, 4.69) is 55.5 Å². The predicted octanol–water partition coefficient (Wildman–Crippen LogP) is 2.64. The van der Waals surface area contributed by atoms with Crippen LogP contribution in [0.4, 0.5) is 5.69 Å². The van der Waals surface area contributed by atoms with Crippen LogP contribution in [0, 0.1) is 5.92 Å². The van der Waals surface area contributed by atoms with E-state index in [0.29, 0.717) is 6.04 Å². The second-order valence-corrected chi connectivity index (χ2v) is 5.07. The smallest absolute Gasteiger partial charge is 0.0361 e. The molecule has 2 nitrogen and oxygen atoms in total. The van der Waals surface area contributed by atoms with E-state index in [1.54, 1.807) is 0 Å². The van der Waals surface area contributed by atoms with E-state index in [0.717, 1.165) is 12.5 Å². The molecule has 88 valence electrons. The van der Waals surface area contributed by atoms with Gasteiger partial charge in [0, 0.05) is 32.4 Å². The quantitative estimate of drug-likeness (QED) is 0.817. The summed E-state index contributed by atoms with van der Waals surface area (Å²) in [5.74, 6) is 0.932. The molecule has 0 amide bonds. The molecular formula is C14H22N2. The average Bonchev–Trinajstić information content (AvgIpc) is 3.10. The molecule has 0 spiro atoms. The molecule has 1 fully saturated rings. The molecule has 16 heavy (non-hydrogen) atoms. The zero-order valence-corrected chi connectivity index (χ0v) is 10.5. The van der Waals surface area contributed by atoms with Crippen molar-refractivity contribution in [1.82, 2.24) is 5.32 Å². The van der Waals surface area contributed by atoms with Crippen molar-refractivity contribution in [2.75, 3.05) is 19.0 Å². The Balaban J connectivity index is 1.84. The normalized spacial score (nSPS) is 17.2. The Hall–Kier alpha value is -1.02. The van der Waals surface area contributed by atoms with Gasteiger partial charge < -0.3 is 10.2 Å². The molecule has 1 aliphatic rings. The molecule has 2 rings (SSSR count). The summed E-state index contributed by atoms with van der Waals surface area (Å²) in [6, 6.07) is 9.45. The van der Waals surface area contributed by atoms with E-state index < -0.39 is 0 Å². The molecule has 1 atom stereocenters. The summed E-state index contributed by atoms with van der Waals surface area (Å²) in [7, 11) is 4.14. The van der Waals surface area contributed by atoms with Gasteiger partial charge in [0.15, 0.2) is 0 Å². The highest BCUT2D eigenvalue weighted by molar-refractivity contribution is 5.45. The van der Waals surface area contributed by atoms with Gasteiger partial charge in [-0.3, -0.25) is 0 Å². The van der Waals surface area contributed by atoms with Crippen LogP contribution in [-0.4, -0.2) is 20.1 Å². The van der Waals surface area contributed by atoms with Crippen molar-refractivity contribution >= 4 is 5.69 Å². The van der Waals surface area contributed by atoms with Crippen LogP contribution in [0.25, 0.3) is 0 Å². The SMILES string of the molecule is CC(NCc1ccc(N(C)C)cc1)C1CC1. The van der Waals surface area contributed by atoms with Crippen molar-refractivity contribution in [3.63, 3.8) is 0 Å². The minimum absolute atomic E-state index is 0.675. The summed E-state index contributed by atoms with van der Waals surface area (Å²) in [5, 5.41) is 3.60. The first-order valence-corrected chi connectivity index (χ1v) is 6.16. The lowest BCUT2D eigenvalue weighted by Gasteiger charge is -2.15. The number of benzene rings is 1. The summed E-state index contributed by atoms with van der Waals surface area (Å²) in [5.41, 5.74) is 2.64. The Kier molecular flexibility index (Phi) is 3.49. The molecule has 1 aliphatic carbocycles. The maximum absolute atomic E-state index is 3.60. The van der Waals surface area contributed by atoms with E-state index >= 15 is 0 Å². The molecule has 0 bridgehead atoms. The van der Waals surface area contributed by atoms with Crippen molar-refractivity contribution < 1.29 is 0 Å². The van der Waals surface area contributed by atoms with Crippen LogP contribution in [0.5, 0.6) is 0 Å². The Morgan fingerprint density at radius 2 is 1.88 bits per heavy atom. The van der Waals surface area contributed by atoms with Crippen LogP contribution in [0.1, 0.15) is 25.3 Å². The van der Waals surface area contributed by atoms with Gasteiger partial charge in [-0.2, -0.15) is 0 Å². The number of rotatable bonds is 5. The first-order chi connectivity index (χ1) is 7.66. The van der Waals surface area contributed by atoms with Gasteiger partial charge in [-0.25, -0.2) is 0 Å². The van der Waals surface area contributed by atoms with Gasteiger partial charge in [0.25, 0.3) is 0 Å². The number of anilines is 1. The van der Waals surface area contributed by atoms with Gasteiger partial charge >= 0.3 is 0 Å². The molecule has 1 N–H and O–H groups in total. The summed E-state index contributed by atoms with van der Waals surface area (Å²) in [6.07, 6.45) is 2.82. The first-order valence-electron chi connectivity index (χ1n) is 6.16. The Morgan fingerprint density at radius 3 is 2.38 bits per heavy atom. The minimum Gasteiger partial charge on any atom is -0.378 e. The highest BCUT2D eigenvalue weighted by atomic mass is 15.1. The third kappa shape index (κ3) is 2.99. The molecule has 1 saturated carbocycles. The van der Waals surface area contributed by atoms with Crippen LogP contribution < -0.4 is 10.2 Å². The number of hydrogen-bond acceptors (Lipinski definition) is 2. The van der Waals surface area contributed by atoms with E-state index in [4.69, 9.17) is 0 Å². The van der Waals surface area contributed by atoms with E-state index in [1.165, 1.54) is 24.1 Å². The first kappa shape index (κ1) is 11.5. The van der Waals surface area contributed by atoms with Gasteiger partial charge in [0.2, 0.25) is 0 Å². The predicted molar refractivity (Wildman–Crippen MR) is 69.8 cm³/mol. The fourth-order valence-corrected chi connectivity index (χ4v) is 1.95. The number of nitrogens with one attached hydrogen (secondary N) is 1. The Labute approximate surface area is 98.7 Å². The van der Waals surface area contributed by atoms with Crippen molar-refractivity contribution in [2.24, 2.45) is 5.92 Å². The second kappa shape index (κ2) is 4.88. The average molecular weight is 218 g/mol. The molecule has 2 heteroatoms. The molecule has 1 aromatic rings. The maximum Gasteiger partial charge on any atom is 0.0361 e. The third-order valence-electron chi connectivity index (χ3n) is 3.41. The van der Waals surface area contributed by atoms with Gasteiger partial charge in [-0.1, -0.05) is 12.1 Å². The molecule has 0 saturated heterocycles. The van der Waals surface area contributed by atoms with Crippen molar-refractivity contribution in [1.29, 1.82) is 0 Å². The zero-order chi connectivity index (χ0) is 11.5. The topological polar surface area (TPSA) is 15.3 Å². The third-order valence-corrected chi connectivity index (χ3v) is 3.41. The van der Waals surface area contributed by atoms with Gasteiger partial charge in [-0.05, 0) is 43.4 Å². The number of nitrogens with zero attached hydrogens (tertiary/aromatic N) is 1. The molecule has 0 aromatic heterocycles. The molecule has 0 radical (unpaired) electrons. The lowest BCUT2D eigenvalue weighted by atomic mass is 10.1. The summed E-state index contributed by atoms with van der Waals surface area (Å²) >= 11 is 0. The van der Waals surface area contributed by atoms with Gasteiger partial charge in [-0.15, -0.1) is 0 Å². The largest absolute Gasteiger partial charge is 0.378 e. The fraction of sp³-hybridized carbons (Fsp3) is 0.571. The summed E-state index contributed by atoms with van der Waals surface area (Å²) < 4.78 is 0. The second-order valence-electron chi connectivity index (χ2n) is 5.07. The lowest BCUT2D eigenvalue weighted by Crippen LogP contribution is -2.27. The minimum atomic E-state index is 0.675. The highest BCUT2D eigenvalue weighted by Crippen LogP contribution is 2.32. The highest BCUT2D eigenvalue weighted by Gasteiger charge is 2.27. The van der Waals surface area contributed by atoms with E-state index in [1.807, 2.05) is 0 Å². The van der Waals surface area contributed by atoms with Crippen LogP contribution in [0.3, 0.4) is 0 Å². The summed E-state index contributed by atoms with van der Waals surface area (Å²) in [6.45, 7) is 3.29. The molecule has 1 aromatic carbocycles. The van der Waals surface area contributed by atoms with Crippen LogP contribution in [0.15, 0.2) is 24.3 Å². The van der Waals surface area contributed by atoms with E-state index in [-0.39, 0.29) is 0 Å². The monoisotopic (exact) mass is 218 g/mol. The maximum atomic E-state index is 3.60. The lowest BCUT2D eigenvalue weighted by molar-refractivity contribution is 0.496. The van der Waals surface area contributed by atoms with Crippen LogP contribution >= 0.6 is 0 Å². The fourth-order valence-electron chi connectivity index (χ4n) is 1.95. The van der Waals surface area contributed by atoms with Crippen molar-refractivity contribution in [3.8, 4) is 0 Å². The molecule has 0 aliphatic heterocycles. The standard InChI is InChI=1S/C14H22N2/c1-11(13-6-7-13)15-10-12-4-8-14(9-5-12)16(2)3/h4-5,8-9,11,13,15H,6-7,10H2,1-3H3. The molecular weight excluding hydrogens is 196 g/mol.